The Morgan fingerprint density at radius 3 is 2.82 bits per heavy atom. The van der Waals surface area contributed by atoms with Gasteiger partial charge in [-0.1, -0.05) is 20.8 Å². The summed E-state index contributed by atoms with van der Waals surface area (Å²) in [6, 6.07) is 0.256. The molecule has 5 heteroatoms. The van der Waals surface area contributed by atoms with E-state index in [2.05, 4.69) is 26.1 Å². The van der Waals surface area contributed by atoms with Gasteiger partial charge in [0.1, 0.15) is 5.60 Å². The van der Waals surface area contributed by atoms with Gasteiger partial charge in [0.2, 0.25) is 0 Å². The quantitative estimate of drug-likeness (QED) is 0.669. The molecule has 0 radical (unpaired) electrons. The summed E-state index contributed by atoms with van der Waals surface area (Å²) in [7, 11) is 0. The van der Waals surface area contributed by atoms with Crippen LogP contribution >= 0.6 is 0 Å². The zero-order valence-electron chi connectivity index (χ0n) is 10.8. The number of ether oxygens (including phenoxy) is 1. The Labute approximate surface area is 102 Å². The molecule has 5 nitrogen and oxygen atoms in total. The van der Waals surface area contributed by atoms with Crippen LogP contribution in [-0.2, 0) is 4.74 Å². The zero-order chi connectivity index (χ0) is 12.7. The van der Waals surface area contributed by atoms with Crippen LogP contribution in [0.15, 0.2) is 0 Å². The smallest absolute Gasteiger partial charge is 0.407 e. The first kappa shape index (κ1) is 12.6. The predicted octanol–water partition coefficient (Wildman–Crippen LogP) is 1.14. The number of hydrogen-bond acceptors (Lipinski definition) is 3. The van der Waals surface area contributed by atoms with Crippen molar-refractivity contribution in [3.05, 3.63) is 0 Å². The average molecular weight is 242 g/mol. The summed E-state index contributed by atoms with van der Waals surface area (Å²) in [6.45, 7) is 8.93. The third-order valence-electron chi connectivity index (χ3n) is 4.07. The molecule has 0 bridgehead atoms. The van der Waals surface area contributed by atoms with Crippen LogP contribution in [0, 0.1) is 5.41 Å². The van der Waals surface area contributed by atoms with Gasteiger partial charge in [0.15, 0.2) is 0 Å². The molecular weight excluding hydrogens is 220 g/mol. The molecule has 2 rings (SSSR count). The van der Waals surface area contributed by atoms with E-state index in [9.17, 15) is 4.79 Å². The first-order valence-electron chi connectivity index (χ1n) is 6.22. The lowest BCUT2D eigenvalue weighted by atomic mass is 9.68. The Morgan fingerprint density at radius 2 is 2.24 bits per heavy atom. The third-order valence-corrected chi connectivity index (χ3v) is 4.07. The highest BCUT2D eigenvalue weighted by Crippen LogP contribution is 2.42. The van der Waals surface area contributed by atoms with Gasteiger partial charge < -0.3 is 20.1 Å². The van der Waals surface area contributed by atoms with Crippen LogP contribution < -0.4 is 5.32 Å². The number of rotatable bonds is 0. The van der Waals surface area contributed by atoms with Gasteiger partial charge in [-0.15, -0.1) is 0 Å². The van der Waals surface area contributed by atoms with Crippen LogP contribution in [0.25, 0.3) is 0 Å². The number of fused-ring (bicyclic) bond motifs is 1. The zero-order valence-corrected chi connectivity index (χ0v) is 10.8. The van der Waals surface area contributed by atoms with Crippen LogP contribution in [0.1, 0.15) is 27.2 Å². The minimum Gasteiger partial charge on any atom is -0.465 e. The molecule has 0 aromatic carbocycles. The van der Waals surface area contributed by atoms with Crippen molar-refractivity contribution < 1.29 is 14.6 Å². The normalized spacial score (nSPS) is 34.3. The summed E-state index contributed by atoms with van der Waals surface area (Å²) < 4.78 is 6.05. The van der Waals surface area contributed by atoms with Gasteiger partial charge in [0.25, 0.3) is 0 Å². The van der Waals surface area contributed by atoms with Crippen molar-refractivity contribution in [1.82, 2.24) is 10.2 Å². The number of hydrogen-bond donors (Lipinski definition) is 2. The first-order chi connectivity index (χ1) is 7.87. The van der Waals surface area contributed by atoms with E-state index in [0.29, 0.717) is 19.7 Å². The van der Waals surface area contributed by atoms with Crippen molar-refractivity contribution in [2.24, 2.45) is 5.41 Å². The van der Waals surface area contributed by atoms with E-state index in [0.717, 1.165) is 13.0 Å². The average Bonchev–Trinajstić information content (AvgIpc) is 2.26. The standard InChI is InChI=1S/C12H22N2O3/c1-11(2,3)12-8-14(10(15)16)6-4-9(12)13-5-7-17-12/h9,13H,4-8H2,1-3H3,(H,15,16)/t9-,12-/m0/s1. The second-order valence-electron chi connectivity index (χ2n) is 5.99. The molecule has 0 aromatic heterocycles. The number of piperidine rings is 1. The number of carboxylic acid groups (broad SMARTS) is 1. The van der Waals surface area contributed by atoms with Gasteiger partial charge in [-0.25, -0.2) is 4.79 Å². The van der Waals surface area contributed by atoms with Gasteiger partial charge in [-0.2, -0.15) is 0 Å². The topological polar surface area (TPSA) is 61.8 Å². The third kappa shape index (κ3) is 2.02. The summed E-state index contributed by atoms with van der Waals surface area (Å²) in [6.07, 6.45) is -0.0231. The van der Waals surface area contributed by atoms with E-state index in [1.54, 1.807) is 0 Å². The number of nitrogens with zero attached hydrogens (tertiary/aromatic N) is 1. The molecule has 0 aliphatic carbocycles. The molecule has 1 amide bonds. The molecule has 2 aliphatic heterocycles. The molecule has 98 valence electrons. The highest BCUT2D eigenvalue weighted by Gasteiger charge is 2.54. The lowest BCUT2D eigenvalue weighted by molar-refractivity contribution is -0.183. The summed E-state index contributed by atoms with van der Waals surface area (Å²) >= 11 is 0. The van der Waals surface area contributed by atoms with Crippen LogP contribution in [0.5, 0.6) is 0 Å². The van der Waals surface area contributed by atoms with E-state index in [1.807, 2.05) is 0 Å². The predicted molar refractivity (Wildman–Crippen MR) is 64.1 cm³/mol. The molecule has 2 atom stereocenters. The van der Waals surface area contributed by atoms with E-state index in [1.165, 1.54) is 4.90 Å². The Balaban J connectivity index is 2.28. The van der Waals surface area contributed by atoms with Gasteiger partial charge in [0, 0.05) is 19.1 Å². The molecular formula is C12H22N2O3. The molecule has 0 unspecified atom stereocenters. The summed E-state index contributed by atoms with van der Waals surface area (Å²) in [5.74, 6) is 0. The fraction of sp³-hybridized carbons (Fsp3) is 0.917. The van der Waals surface area contributed by atoms with E-state index in [-0.39, 0.29) is 11.5 Å². The lowest BCUT2D eigenvalue weighted by Gasteiger charge is -2.56. The van der Waals surface area contributed by atoms with Gasteiger partial charge in [-0.3, -0.25) is 0 Å². The van der Waals surface area contributed by atoms with Crippen molar-refractivity contribution in [2.45, 2.75) is 38.8 Å². The fourth-order valence-corrected chi connectivity index (χ4v) is 3.01. The first-order valence-corrected chi connectivity index (χ1v) is 6.22. The molecule has 2 saturated heterocycles. The maximum Gasteiger partial charge on any atom is 0.407 e. The van der Waals surface area contributed by atoms with Crippen molar-refractivity contribution in [1.29, 1.82) is 0 Å². The summed E-state index contributed by atoms with van der Waals surface area (Å²) in [5.41, 5.74) is -0.485. The Hall–Kier alpha value is -0.810. The number of nitrogens with one attached hydrogen (secondary N) is 1. The Morgan fingerprint density at radius 1 is 1.53 bits per heavy atom. The maximum atomic E-state index is 11.1. The number of amides is 1. The summed E-state index contributed by atoms with van der Waals surface area (Å²) in [5, 5.41) is 12.6. The van der Waals surface area contributed by atoms with E-state index >= 15 is 0 Å². The fourth-order valence-electron chi connectivity index (χ4n) is 3.01. The SMILES string of the molecule is CC(C)(C)[C@]12CN(C(=O)O)CC[C@@H]1NCCO2. The minimum atomic E-state index is -0.846. The molecule has 0 saturated carbocycles. The second kappa shape index (κ2) is 4.14. The van der Waals surface area contributed by atoms with E-state index in [4.69, 9.17) is 9.84 Å². The van der Waals surface area contributed by atoms with Crippen molar-refractivity contribution >= 4 is 6.09 Å². The van der Waals surface area contributed by atoms with Gasteiger partial charge in [-0.05, 0) is 11.8 Å². The van der Waals surface area contributed by atoms with Crippen LogP contribution in [-0.4, -0.2) is 54.0 Å². The van der Waals surface area contributed by atoms with Crippen LogP contribution in [0.4, 0.5) is 4.79 Å². The van der Waals surface area contributed by atoms with Gasteiger partial charge >= 0.3 is 6.09 Å². The van der Waals surface area contributed by atoms with Gasteiger partial charge in [0.05, 0.1) is 13.2 Å². The van der Waals surface area contributed by atoms with Crippen LogP contribution in [0.2, 0.25) is 0 Å². The molecule has 2 fully saturated rings. The van der Waals surface area contributed by atoms with E-state index < -0.39 is 11.7 Å². The van der Waals surface area contributed by atoms with Crippen molar-refractivity contribution in [3.63, 3.8) is 0 Å². The second-order valence-corrected chi connectivity index (χ2v) is 5.99. The Kier molecular flexibility index (Phi) is 3.08. The van der Waals surface area contributed by atoms with Crippen molar-refractivity contribution in [2.75, 3.05) is 26.2 Å². The maximum absolute atomic E-state index is 11.1. The monoisotopic (exact) mass is 242 g/mol. The molecule has 0 aromatic rings. The molecule has 17 heavy (non-hydrogen) atoms. The summed E-state index contributed by atoms with van der Waals surface area (Å²) in [4.78, 5) is 12.6. The van der Waals surface area contributed by atoms with Crippen molar-refractivity contribution in [3.8, 4) is 0 Å². The molecule has 2 N–H and O–H groups in total. The van der Waals surface area contributed by atoms with Crippen LogP contribution in [0.3, 0.4) is 0 Å². The highest BCUT2D eigenvalue weighted by atomic mass is 16.5. The molecule has 2 heterocycles. The molecule has 0 spiro atoms. The molecule has 2 aliphatic rings. The highest BCUT2D eigenvalue weighted by molar-refractivity contribution is 5.65. The lowest BCUT2D eigenvalue weighted by Crippen LogP contribution is -2.71. The number of likely N-dealkylation sites (tertiary alicyclic amines) is 1. The number of morpholine rings is 1. The minimum absolute atomic E-state index is 0.0841. The number of carbonyl (C=O) groups is 1. The largest absolute Gasteiger partial charge is 0.465 e. The Bertz CT molecular complexity index is 313.